The van der Waals surface area contributed by atoms with E-state index in [4.69, 9.17) is 4.74 Å². The van der Waals surface area contributed by atoms with Crippen molar-refractivity contribution in [2.24, 2.45) is 0 Å². The number of nitrogens with zero attached hydrogens (tertiary/aromatic N) is 2. The second kappa shape index (κ2) is 15.9. The van der Waals surface area contributed by atoms with Gasteiger partial charge in [-0.1, -0.05) is 73.0 Å². The molecule has 252 valence electrons. The molecule has 1 saturated carbocycles. The van der Waals surface area contributed by atoms with Crippen LogP contribution in [0.4, 0.5) is 10.1 Å². The topological polar surface area (TPSA) is 96.0 Å². The molecular weight excluding hydrogens is 629 g/mol. The molecule has 4 aromatic rings. The molecule has 10 heteroatoms. The third-order valence-electron chi connectivity index (χ3n) is 8.56. The molecular formula is C38H42FN3O5S. The lowest BCUT2D eigenvalue weighted by Crippen LogP contribution is -2.54. The molecule has 1 atom stereocenters. The second-order valence-corrected chi connectivity index (χ2v) is 14.0. The Kier molecular flexibility index (Phi) is 11.5. The van der Waals surface area contributed by atoms with Crippen LogP contribution in [0.1, 0.15) is 49.3 Å². The first kappa shape index (κ1) is 34.6. The summed E-state index contributed by atoms with van der Waals surface area (Å²) in [6.45, 7) is 3.73. The zero-order valence-corrected chi connectivity index (χ0v) is 28.2. The lowest BCUT2D eigenvalue weighted by Gasteiger charge is -2.34. The van der Waals surface area contributed by atoms with E-state index in [1.165, 1.54) is 17.0 Å². The van der Waals surface area contributed by atoms with Gasteiger partial charge in [0.2, 0.25) is 11.8 Å². The Labute approximate surface area is 282 Å². The fraction of sp³-hybridized carbons (Fsp3) is 0.316. The molecule has 1 aliphatic carbocycles. The lowest BCUT2D eigenvalue weighted by molar-refractivity contribution is -0.140. The summed E-state index contributed by atoms with van der Waals surface area (Å²) in [6.07, 6.45) is 4.04. The van der Waals surface area contributed by atoms with Crippen molar-refractivity contribution in [3.63, 3.8) is 0 Å². The van der Waals surface area contributed by atoms with Gasteiger partial charge < -0.3 is 15.0 Å². The summed E-state index contributed by atoms with van der Waals surface area (Å²) in [4.78, 5) is 30.1. The maximum absolute atomic E-state index is 14.6. The van der Waals surface area contributed by atoms with E-state index in [1.54, 1.807) is 24.3 Å². The quantitative estimate of drug-likeness (QED) is 0.167. The Bertz CT molecular complexity index is 1760. The summed E-state index contributed by atoms with van der Waals surface area (Å²) in [5, 5.41) is 3.18. The van der Waals surface area contributed by atoms with Crippen molar-refractivity contribution in [2.45, 2.75) is 69.5 Å². The number of hydrogen-bond acceptors (Lipinski definition) is 5. The highest BCUT2D eigenvalue weighted by atomic mass is 32.2. The molecule has 0 unspecified atom stereocenters. The Morgan fingerprint density at radius 3 is 2.15 bits per heavy atom. The summed E-state index contributed by atoms with van der Waals surface area (Å²) in [5.41, 5.74) is 2.94. The second-order valence-electron chi connectivity index (χ2n) is 12.1. The Balaban J connectivity index is 1.56. The van der Waals surface area contributed by atoms with Crippen molar-refractivity contribution in [1.29, 1.82) is 0 Å². The third kappa shape index (κ3) is 8.80. The van der Waals surface area contributed by atoms with Gasteiger partial charge in [-0.15, -0.1) is 0 Å². The van der Waals surface area contributed by atoms with Gasteiger partial charge in [-0.3, -0.25) is 13.9 Å². The molecule has 2 amide bonds. The molecule has 0 heterocycles. The van der Waals surface area contributed by atoms with Crippen LogP contribution in [-0.2, 0) is 32.6 Å². The number of amides is 2. The summed E-state index contributed by atoms with van der Waals surface area (Å²) in [7, 11) is -4.35. The van der Waals surface area contributed by atoms with E-state index in [0.29, 0.717) is 12.4 Å². The van der Waals surface area contributed by atoms with Crippen molar-refractivity contribution >= 4 is 27.5 Å². The third-order valence-corrected chi connectivity index (χ3v) is 10.4. The normalized spacial score (nSPS) is 13.9. The Hall–Kier alpha value is -4.70. The minimum Gasteiger partial charge on any atom is -0.494 e. The van der Waals surface area contributed by atoms with Crippen LogP contribution in [0.5, 0.6) is 5.75 Å². The number of aryl methyl sites for hydroxylation is 1. The number of sulfonamides is 1. The number of carbonyl (C=O) groups is 2. The van der Waals surface area contributed by atoms with Gasteiger partial charge in [0.05, 0.1) is 17.2 Å². The van der Waals surface area contributed by atoms with Gasteiger partial charge in [-0.05, 0) is 86.3 Å². The highest BCUT2D eigenvalue weighted by Crippen LogP contribution is 2.27. The number of rotatable bonds is 14. The Morgan fingerprint density at radius 1 is 0.875 bits per heavy atom. The van der Waals surface area contributed by atoms with Gasteiger partial charge in [0.1, 0.15) is 24.2 Å². The van der Waals surface area contributed by atoms with Gasteiger partial charge in [0.25, 0.3) is 10.0 Å². The van der Waals surface area contributed by atoms with Crippen molar-refractivity contribution in [2.75, 3.05) is 17.5 Å². The predicted molar refractivity (Wildman–Crippen MR) is 185 cm³/mol. The molecule has 0 aromatic heterocycles. The van der Waals surface area contributed by atoms with Crippen molar-refractivity contribution in [1.82, 2.24) is 10.2 Å². The van der Waals surface area contributed by atoms with Gasteiger partial charge in [0, 0.05) is 19.0 Å². The number of nitrogens with one attached hydrogen (secondary N) is 1. The van der Waals surface area contributed by atoms with E-state index < -0.39 is 34.3 Å². The first-order valence-corrected chi connectivity index (χ1v) is 17.8. The highest BCUT2D eigenvalue weighted by Gasteiger charge is 2.35. The lowest BCUT2D eigenvalue weighted by atomic mass is 10.0. The number of benzene rings is 4. The predicted octanol–water partition coefficient (Wildman–Crippen LogP) is 6.43. The van der Waals surface area contributed by atoms with Crippen LogP contribution >= 0.6 is 0 Å². The molecule has 48 heavy (non-hydrogen) atoms. The van der Waals surface area contributed by atoms with E-state index in [9.17, 15) is 22.4 Å². The molecule has 0 saturated heterocycles. The highest BCUT2D eigenvalue weighted by molar-refractivity contribution is 7.92. The summed E-state index contributed by atoms with van der Waals surface area (Å²) in [6, 6.07) is 27.2. The zero-order valence-electron chi connectivity index (χ0n) is 27.3. The molecule has 0 bridgehead atoms. The molecule has 1 N–H and O–H groups in total. The van der Waals surface area contributed by atoms with Crippen molar-refractivity contribution in [3.8, 4) is 5.75 Å². The number of anilines is 1. The summed E-state index contributed by atoms with van der Waals surface area (Å²) in [5.74, 6) is -0.879. The molecule has 5 rings (SSSR count). The van der Waals surface area contributed by atoms with E-state index >= 15 is 0 Å². The minimum absolute atomic E-state index is 0.0197. The molecule has 4 aromatic carbocycles. The van der Waals surface area contributed by atoms with Crippen LogP contribution < -0.4 is 14.4 Å². The fourth-order valence-electron chi connectivity index (χ4n) is 5.95. The first-order chi connectivity index (χ1) is 23.1. The van der Waals surface area contributed by atoms with E-state index in [1.807, 2.05) is 68.4 Å². The minimum atomic E-state index is -4.35. The van der Waals surface area contributed by atoms with Gasteiger partial charge in [-0.2, -0.15) is 0 Å². The van der Waals surface area contributed by atoms with Gasteiger partial charge in [0.15, 0.2) is 0 Å². The average Bonchev–Trinajstić information content (AvgIpc) is 3.60. The molecule has 1 aliphatic rings. The largest absolute Gasteiger partial charge is 0.494 e. The molecule has 0 aliphatic heterocycles. The van der Waals surface area contributed by atoms with E-state index in [-0.39, 0.29) is 35.5 Å². The summed E-state index contributed by atoms with van der Waals surface area (Å²) >= 11 is 0. The van der Waals surface area contributed by atoms with E-state index in [2.05, 4.69) is 5.32 Å². The maximum Gasteiger partial charge on any atom is 0.264 e. The smallest absolute Gasteiger partial charge is 0.264 e. The van der Waals surface area contributed by atoms with Crippen LogP contribution in [-0.4, -0.2) is 50.4 Å². The van der Waals surface area contributed by atoms with Crippen molar-refractivity contribution < 1.29 is 27.1 Å². The molecule has 8 nitrogen and oxygen atoms in total. The molecule has 1 fully saturated rings. The van der Waals surface area contributed by atoms with Gasteiger partial charge in [-0.25, -0.2) is 12.8 Å². The van der Waals surface area contributed by atoms with Crippen LogP contribution in [0.3, 0.4) is 0 Å². The molecule has 0 spiro atoms. The van der Waals surface area contributed by atoms with Crippen LogP contribution in [0, 0.1) is 12.7 Å². The standard InChI is InChI=1S/C38H42FN3O5S/c1-3-47-34-21-19-33(20-22-34)42(48(45,46)35-23-17-31(39)18-24-35)27-37(43)41(26-30-15-13-28(2)14-16-30)36(25-29-9-5-4-6-10-29)38(44)40-32-11-7-8-12-32/h4-6,9-10,13-24,32,36H,3,7-8,11-12,25-27H2,1-2H3,(H,40,44)/t36-/m1/s1. The first-order valence-electron chi connectivity index (χ1n) is 16.3. The fourth-order valence-corrected chi connectivity index (χ4v) is 7.36. The number of halogens is 1. The van der Waals surface area contributed by atoms with E-state index in [0.717, 1.165) is 58.8 Å². The maximum atomic E-state index is 14.6. The SMILES string of the molecule is CCOc1ccc(N(CC(=O)N(Cc2ccc(C)cc2)[C@H](Cc2ccccc2)C(=O)NC2CCCC2)S(=O)(=O)c2ccc(F)cc2)cc1. The average molecular weight is 672 g/mol. The number of hydrogen-bond donors (Lipinski definition) is 1. The van der Waals surface area contributed by atoms with Gasteiger partial charge >= 0.3 is 0 Å². The number of ether oxygens (including phenoxy) is 1. The van der Waals surface area contributed by atoms with Crippen molar-refractivity contribution in [3.05, 3.63) is 126 Å². The molecule has 0 radical (unpaired) electrons. The Morgan fingerprint density at radius 2 is 1.52 bits per heavy atom. The van der Waals surface area contributed by atoms with Crippen LogP contribution in [0.2, 0.25) is 0 Å². The number of carbonyl (C=O) groups excluding carboxylic acids is 2. The monoisotopic (exact) mass is 671 g/mol. The van der Waals surface area contributed by atoms with Crippen LogP contribution in [0.25, 0.3) is 0 Å². The summed E-state index contributed by atoms with van der Waals surface area (Å²) < 4.78 is 48.7. The zero-order chi connectivity index (χ0) is 34.1. The van der Waals surface area contributed by atoms with Crippen LogP contribution in [0.15, 0.2) is 108 Å².